The van der Waals surface area contributed by atoms with Gasteiger partial charge in [-0.1, -0.05) is 32.4 Å². The summed E-state index contributed by atoms with van der Waals surface area (Å²) in [5.74, 6) is 1.49. The molecule has 0 aromatic carbocycles. The highest BCUT2D eigenvalue weighted by Crippen LogP contribution is 2.47. The number of anilines is 2. The number of carbonyl (C=O) groups is 1. The zero-order chi connectivity index (χ0) is 21.0. The number of nitrogens with zero attached hydrogens (tertiary/aromatic N) is 5. The number of carboxylic acid groups (broad SMARTS) is 1. The molecule has 2 fully saturated rings. The Morgan fingerprint density at radius 3 is 2.52 bits per heavy atom. The Hall–Kier alpha value is -1.80. The Bertz CT molecular complexity index is 808. The second-order valence-electron chi connectivity index (χ2n) is 9.47. The lowest BCUT2D eigenvalue weighted by molar-refractivity contribution is 0.0843. The van der Waals surface area contributed by atoms with Crippen LogP contribution in [0.5, 0.6) is 0 Å². The number of hydrogen-bond acceptors (Lipinski definition) is 6. The van der Waals surface area contributed by atoms with E-state index in [1.54, 1.807) is 4.90 Å². The highest BCUT2D eigenvalue weighted by Gasteiger charge is 2.55. The number of likely N-dealkylation sites (tertiary alicyclic amines) is 1. The summed E-state index contributed by atoms with van der Waals surface area (Å²) in [6.07, 6.45) is 0.675. The zero-order valence-corrected chi connectivity index (χ0v) is 18.4. The Morgan fingerprint density at radius 1 is 1.21 bits per heavy atom. The first-order valence-corrected chi connectivity index (χ1v) is 10.7. The maximum absolute atomic E-state index is 12.0. The van der Waals surface area contributed by atoms with Crippen molar-refractivity contribution in [2.45, 2.75) is 52.1 Å². The quantitative estimate of drug-likeness (QED) is 0.732. The number of aromatic nitrogens is 2. The van der Waals surface area contributed by atoms with Crippen LogP contribution in [0.1, 0.15) is 39.7 Å². The lowest BCUT2D eigenvalue weighted by atomic mass is 9.74. The third-order valence-corrected chi connectivity index (χ3v) is 6.81. The second kappa shape index (κ2) is 7.16. The Labute approximate surface area is 176 Å². The average molecular weight is 424 g/mol. The fourth-order valence-corrected chi connectivity index (χ4v) is 5.70. The molecular weight excluding hydrogens is 394 g/mol. The van der Waals surface area contributed by atoms with Crippen molar-refractivity contribution in [1.29, 1.82) is 0 Å². The molecule has 4 heterocycles. The zero-order valence-electron chi connectivity index (χ0n) is 17.6. The molecule has 2 atom stereocenters. The van der Waals surface area contributed by atoms with E-state index in [0.29, 0.717) is 30.9 Å². The van der Waals surface area contributed by atoms with Crippen molar-refractivity contribution in [2.75, 3.05) is 49.2 Å². The van der Waals surface area contributed by atoms with E-state index in [0.717, 1.165) is 43.9 Å². The van der Waals surface area contributed by atoms with E-state index in [9.17, 15) is 9.90 Å². The summed E-state index contributed by atoms with van der Waals surface area (Å²) in [5, 5.41) is 10.3. The average Bonchev–Trinajstić information content (AvgIpc) is 3.24. The number of halogens is 1. The summed E-state index contributed by atoms with van der Waals surface area (Å²) in [7, 11) is 0. The summed E-state index contributed by atoms with van der Waals surface area (Å²) >= 11 is 6.58. The molecule has 0 aliphatic carbocycles. The summed E-state index contributed by atoms with van der Waals surface area (Å²) < 4.78 is 5.45. The van der Waals surface area contributed by atoms with Gasteiger partial charge in [-0.25, -0.2) is 9.78 Å². The third-order valence-electron chi connectivity index (χ3n) is 6.50. The maximum Gasteiger partial charge on any atom is 0.407 e. The van der Waals surface area contributed by atoms with Gasteiger partial charge in [-0.05, 0) is 25.2 Å². The summed E-state index contributed by atoms with van der Waals surface area (Å²) in [6, 6.07) is -0.154. The molecule has 8 nitrogen and oxygen atoms in total. The summed E-state index contributed by atoms with van der Waals surface area (Å²) in [5.41, 5.74) is 0.393. The van der Waals surface area contributed by atoms with Gasteiger partial charge in [0.25, 0.3) is 0 Å². The smallest absolute Gasteiger partial charge is 0.407 e. The molecule has 2 saturated heterocycles. The van der Waals surface area contributed by atoms with Gasteiger partial charge in [-0.3, -0.25) is 0 Å². The third kappa shape index (κ3) is 3.40. The molecule has 29 heavy (non-hydrogen) atoms. The van der Waals surface area contributed by atoms with E-state index in [2.05, 4.69) is 42.5 Å². The predicted molar refractivity (Wildman–Crippen MR) is 112 cm³/mol. The molecule has 4 rings (SSSR count). The van der Waals surface area contributed by atoms with Crippen molar-refractivity contribution in [3.05, 3.63) is 10.7 Å². The maximum atomic E-state index is 12.0. The number of fused-ring (bicyclic) bond motifs is 1. The normalized spacial score (nSPS) is 27.5. The number of ether oxygens (including phenoxy) is 1. The Kier molecular flexibility index (Phi) is 5.06. The molecule has 1 aromatic rings. The van der Waals surface area contributed by atoms with Crippen molar-refractivity contribution >= 4 is 29.5 Å². The van der Waals surface area contributed by atoms with Crippen LogP contribution in [0.3, 0.4) is 0 Å². The van der Waals surface area contributed by atoms with Gasteiger partial charge >= 0.3 is 6.09 Å². The molecule has 0 saturated carbocycles. The van der Waals surface area contributed by atoms with Crippen LogP contribution in [0.15, 0.2) is 0 Å². The van der Waals surface area contributed by atoms with Crippen molar-refractivity contribution in [3.63, 3.8) is 0 Å². The first-order valence-electron chi connectivity index (χ1n) is 10.3. The summed E-state index contributed by atoms with van der Waals surface area (Å²) in [6.45, 7) is 12.6. The molecule has 160 valence electrons. The topological polar surface area (TPSA) is 82.0 Å². The van der Waals surface area contributed by atoms with Crippen LogP contribution < -0.4 is 9.80 Å². The van der Waals surface area contributed by atoms with Crippen LogP contribution in [0.4, 0.5) is 16.6 Å². The van der Waals surface area contributed by atoms with E-state index in [1.165, 1.54) is 0 Å². The monoisotopic (exact) mass is 423 g/mol. The molecular formula is C20H30ClN5O3. The van der Waals surface area contributed by atoms with Crippen LogP contribution in [-0.2, 0) is 11.2 Å². The Morgan fingerprint density at radius 2 is 1.90 bits per heavy atom. The van der Waals surface area contributed by atoms with Crippen molar-refractivity contribution in [1.82, 2.24) is 14.9 Å². The highest BCUT2D eigenvalue weighted by atomic mass is 35.5. The van der Waals surface area contributed by atoms with E-state index >= 15 is 0 Å². The van der Waals surface area contributed by atoms with Gasteiger partial charge in [0.1, 0.15) is 11.0 Å². The minimum Gasteiger partial charge on any atom is -0.465 e. The van der Waals surface area contributed by atoms with Gasteiger partial charge in [0.2, 0.25) is 5.95 Å². The van der Waals surface area contributed by atoms with Crippen LogP contribution in [-0.4, -0.2) is 77.0 Å². The van der Waals surface area contributed by atoms with E-state index < -0.39 is 6.09 Å². The molecule has 0 radical (unpaired) electrons. The largest absolute Gasteiger partial charge is 0.465 e. The minimum atomic E-state index is -0.859. The standard InChI is InChI=1S/C20H30ClN5O3/c1-19(2,3)16-20(4,6-8-25(16)18(27)28)26-7-5-13-14(21)22-17(23-15(13)26)24-9-11-29-12-10-24/h16H,5-12H2,1-4H3,(H,27,28)/t16?,20-/m0/s1. The van der Waals surface area contributed by atoms with Gasteiger partial charge in [-0.2, -0.15) is 4.98 Å². The molecule has 1 aromatic heterocycles. The van der Waals surface area contributed by atoms with Gasteiger partial charge in [0.15, 0.2) is 0 Å². The van der Waals surface area contributed by atoms with Crippen molar-refractivity contribution in [3.8, 4) is 0 Å². The van der Waals surface area contributed by atoms with E-state index in [4.69, 9.17) is 21.3 Å². The minimum absolute atomic E-state index is 0.154. The van der Waals surface area contributed by atoms with Crippen LogP contribution in [0.2, 0.25) is 5.15 Å². The number of rotatable bonds is 2. The molecule has 1 N–H and O–H groups in total. The van der Waals surface area contributed by atoms with Crippen molar-refractivity contribution in [2.24, 2.45) is 5.41 Å². The molecule has 0 bridgehead atoms. The molecule has 0 spiro atoms. The molecule has 1 amide bonds. The highest BCUT2D eigenvalue weighted by molar-refractivity contribution is 6.30. The fraction of sp³-hybridized carbons (Fsp3) is 0.750. The second-order valence-corrected chi connectivity index (χ2v) is 9.83. The number of amides is 1. The molecule has 3 aliphatic heterocycles. The molecule has 1 unspecified atom stereocenters. The SMILES string of the molecule is CC(C)(C)C1N(C(=O)O)CC[C@]1(C)N1CCc2c(Cl)nc(N3CCOCC3)nc21. The van der Waals surface area contributed by atoms with Gasteiger partial charge in [0, 0.05) is 31.7 Å². The number of morpholine rings is 1. The first kappa shape index (κ1) is 20.5. The summed E-state index contributed by atoms with van der Waals surface area (Å²) in [4.78, 5) is 27.4. The molecule has 3 aliphatic rings. The lowest BCUT2D eigenvalue weighted by Gasteiger charge is -2.48. The Balaban J connectivity index is 1.74. The number of hydrogen-bond donors (Lipinski definition) is 1. The van der Waals surface area contributed by atoms with Crippen LogP contribution >= 0.6 is 11.6 Å². The predicted octanol–water partition coefficient (Wildman–Crippen LogP) is 2.89. The molecule has 9 heteroatoms. The van der Waals surface area contributed by atoms with E-state index in [-0.39, 0.29) is 17.0 Å². The van der Waals surface area contributed by atoms with Crippen LogP contribution in [0.25, 0.3) is 0 Å². The van der Waals surface area contributed by atoms with Gasteiger partial charge in [0.05, 0.1) is 24.8 Å². The van der Waals surface area contributed by atoms with Crippen LogP contribution in [0, 0.1) is 5.41 Å². The van der Waals surface area contributed by atoms with E-state index in [1.807, 2.05) is 0 Å². The lowest BCUT2D eigenvalue weighted by Crippen LogP contribution is -2.60. The first-order chi connectivity index (χ1) is 13.6. The van der Waals surface area contributed by atoms with Crippen molar-refractivity contribution < 1.29 is 14.6 Å². The van der Waals surface area contributed by atoms with Gasteiger partial charge < -0.3 is 24.5 Å². The fourth-order valence-electron chi connectivity index (χ4n) is 5.44. The van der Waals surface area contributed by atoms with Gasteiger partial charge in [-0.15, -0.1) is 0 Å².